The largest absolute Gasteiger partial charge is 0.494 e. The third kappa shape index (κ3) is 3.15. The van der Waals surface area contributed by atoms with Crippen molar-refractivity contribution in [2.75, 3.05) is 7.11 Å². The maximum Gasteiger partial charge on any atom is 0.173 e. The van der Waals surface area contributed by atoms with E-state index >= 15 is 0 Å². The molecule has 1 atom stereocenters. The van der Waals surface area contributed by atoms with Crippen LogP contribution in [-0.2, 0) is 6.42 Å². The Hall–Kier alpha value is -1.37. The molecule has 0 saturated carbocycles. The summed E-state index contributed by atoms with van der Waals surface area (Å²) >= 11 is 3.30. The van der Waals surface area contributed by atoms with E-state index in [1.807, 2.05) is 6.07 Å². The summed E-state index contributed by atoms with van der Waals surface area (Å²) in [7, 11) is 1.44. The van der Waals surface area contributed by atoms with E-state index in [4.69, 9.17) is 15.0 Å². The van der Waals surface area contributed by atoms with E-state index in [1.165, 1.54) is 13.2 Å². The highest BCUT2D eigenvalue weighted by atomic mass is 79.9. The van der Waals surface area contributed by atoms with Crippen molar-refractivity contribution in [2.24, 2.45) is 5.84 Å². The molecule has 0 saturated heterocycles. The maximum absolute atomic E-state index is 13.6. The number of nitrogens with one attached hydrogen (secondary N) is 1. The Morgan fingerprint density at radius 2 is 2.26 bits per heavy atom. The van der Waals surface area contributed by atoms with Gasteiger partial charge in [0, 0.05) is 5.56 Å². The first kappa shape index (κ1) is 14.0. The van der Waals surface area contributed by atoms with Crippen LogP contribution in [0.15, 0.2) is 39.6 Å². The van der Waals surface area contributed by atoms with Crippen LogP contribution in [0, 0.1) is 5.82 Å². The second-order valence-electron chi connectivity index (χ2n) is 4.04. The molecule has 3 N–H and O–H groups in total. The van der Waals surface area contributed by atoms with Crippen molar-refractivity contribution in [3.05, 3.63) is 52.1 Å². The van der Waals surface area contributed by atoms with Gasteiger partial charge in [-0.2, -0.15) is 0 Å². The first-order chi connectivity index (χ1) is 9.15. The lowest BCUT2D eigenvalue weighted by atomic mass is 10.0. The number of furan rings is 1. The van der Waals surface area contributed by atoms with Gasteiger partial charge in [0.05, 0.1) is 19.4 Å². The van der Waals surface area contributed by atoms with Gasteiger partial charge >= 0.3 is 0 Å². The van der Waals surface area contributed by atoms with Crippen LogP contribution >= 0.6 is 15.9 Å². The molecule has 0 aliphatic heterocycles. The van der Waals surface area contributed by atoms with Crippen LogP contribution in [0.2, 0.25) is 0 Å². The SMILES string of the molecule is COc1ccc(CC(NN)c2ccoc2Br)cc1F. The van der Waals surface area contributed by atoms with Gasteiger partial charge in [-0.1, -0.05) is 6.07 Å². The molecule has 102 valence electrons. The van der Waals surface area contributed by atoms with E-state index in [-0.39, 0.29) is 17.6 Å². The molecular weight excluding hydrogens is 315 g/mol. The van der Waals surface area contributed by atoms with Gasteiger partial charge in [-0.05, 0) is 46.1 Å². The second kappa shape index (κ2) is 6.18. The highest BCUT2D eigenvalue weighted by Crippen LogP contribution is 2.27. The molecule has 0 bridgehead atoms. The molecule has 2 rings (SSSR count). The van der Waals surface area contributed by atoms with Crippen molar-refractivity contribution in [3.8, 4) is 5.75 Å². The third-order valence-corrected chi connectivity index (χ3v) is 3.52. The summed E-state index contributed by atoms with van der Waals surface area (Å²) in [6.45, 7) is 0. The van der Waals surface area contributed by atoms with Gasteiger partial charge in [0.1, 0.15) is 0 Å². The zero-order valence-corrected chi connectivity index (χ0v) is 11.9. The fourth-order valence-corrected chi connectivity index (χ4v) is 2.40. The highest BCUT2D eigenvalue weighted by Gasteiger charge is 2.16. The Balaban J connectivity index is 2.19. The van der Waals surface area contributed by atoms with Gasteiger partial charge in [0.25, 0.3) is 0 Å². The third-order valence-electron chi connectivity index (χ3n) is 2.88. The number of benzene rings is 1. The van der Waals surface area contributed by atoms with Crippen LogP contribution in [0.4, 0.5) is 4.39 Å². The summed E-state index contributed by atoms with van der Waals surface area (Å²) < 4.78 is 24.3. The molecule has 6 heteroatoms. The van der Waals surface area contributed by atoms with Crippen molar-refractivity contribution in [2.45, 2.75) is 12.5 Å². The number of halogens is 2. The van der Waals surface area contributed by atoms with Crippen LogP contribution in [0.1, 0.15) is 17.2 Å². The Morgan fingerprint density at radius 1 is 1.47 bits per heavy atom. The highest BCUT2D eigenvalue weighted by molar-refractivity contribution is 9.10. The molecule has 1 heterocycles. The van der Waals surface area contributed by atoms with E-state index in [0.29, 0.717) is 11.1 Å². The van der Waals surface area contributed by atoms with Gasteiger partial charge < -0.3 is 9.15 Å². The molecule has 4 nitrogen and oxygen atoms in total. The van der Waals surface area contributed by atoms with Crippen LogP contribution in [0.25, 0.3) is 0 Å². The summed E-state index contributed by atoms with van der Waals surface area (Å²) in [4.78, 5) is 0. The van der Waals surface area contributed by atoms with Crippen molar-refractivity contribution >= 4 is 15.9 Å². The van der Waals surface area contributed by atoms with E-state index in [1.54, 1.807) is 18.4 Å². The molecule has 1 aromatic heterocycles. The van der Waals surface area contributed by atoms with Gasteiger partial charge in [-0.15, -0.1) is 0 Å². The monoisotopic (exact) mass is 328 g/mol. The Labute approximate surface area is 118 Å². The smallest absolute Gasteiger partial charge is 0.173 e. The van der Waals surface area contributed by atoms with Crippen LogP contribution in [0.5, 0.6) is 5.75 Å². The molecule has 0 fully saturated rings. The van der Waals surface area contributed by atoms with E-state index in [9.17, 15) is 4.39 Å². The first-order valence-corrected chi connectivity index (χ1v) is 6.46. The fraction of sp³-hybridized carbons (Fsp3) is 0.231. The van der Waals surface area contributed by atoms with Crippen LogP contribution < -0.4 is 16.0 Å². The quantitative estimate of drug-likeness (QED) is 0.654. The number of methoxy groups -OCH3 is 1. The summed E-state index contributed by atoms with van der Waals surface area (Å²) in [5.74, 6) is 5.38. The van der Waals surface area contributed by atoms with Gasteiger partial charge in [0.15, 0.2) is 16.2 Å². The van der Waals surface area contributed by atoms with E-state index in [0.717, 1.165) is 11.1 Å². The molecule has 0 aliphatic carbocycles. The second-order valence-corrected chi connectivity index (χ2v) is 4.76. The molecule has 0 aliphatic rings. The average Bonchev–Trinajstić information content (AvgIpc) is 2.82. The van der Waals surface area contributed by atoms with Crippen molar-refractivity contribution in [1.82, 2.24) is 5.43 Å². The molecule has 0 spiro atoms. The molecule has 1 unspecified atom stereocenters. The van der Waals surface area contributed by atoms with Crippen molar-refractivity contribution in [3.63, 3.8) is 0 Å². The van der Waals surface area contributed by atoms with Gasteiger partial charge in [0.2, 0.25) is 0 Å². The average molecular weight is 329 g/mol. The number of rotatable bonds is 5. The minimum Gasteiger partial charge on any atom is -0.494 e. The zero-order chi connectivity index (χ0) is 13.8. The normalized spacial score (nSPS) is 12.4. The first-order valence-electron chi connectivity index (χ1n) is 5.67. The molecule has 0 amide bonds. The minimum absolute atomic E-state index is 0.166. The van der Waals surface area contributed by atoms with Crippen LogP contribution in [-0.4, -0.2) is 7.11 Å². The minimum atomic E-state index is -0.387. The summed E-state index contributed by atoms with van der Waals surface area (Å²) in [5, 5.41) is 0. The Kier molecular flexibility index (Phi) is 4.57. The van der Waals surface area contributed by atoms with Gasteiger partial charge in [-0.3, -0.25) is 11.3 Å². The topological polar surface area (TPSA) is 60.4 Å². The Bertz CT molecular complexity index is 559. The molecule has 1 aromatic carbocycles. The Morgan fingerprint density at radius 3 is 2.79 bits per heavy atom. The summed E-state index contributed by atoms with van der Waals surface area (Å²) in [5.41, 5.74) is 4.40. The van der Waals surface area contributed by atoms with E-state index < -0.39 is 0 Å². The lowest BCUT2D eigenvalue weighted by molar-refractivity contribution is 0.386. The number of hydrazine groups is 1. The standard InChI is InChI=1S/C13H14BrFN2O2/c1-18-12-3-2-8(6-10(12)15)7-11(17-16)9-4-5-19-13(9)14/h2-6,11,17H,7,16H2,1H3. The predicted octanol–water partition coefficient (Wildman–Crippen LogP) is 2.94. The number of hydrogen-bond donors (Lipinski definition) is 2. The predicted molar refractivity (Wildman–Crippen MR) is 73.1 cm³/mol. The zero-order valence-electron chi connectivity index (χ0n) is 10.3. The molecular formula is C13H14BrFN2O2. The lowest BCUT2D eigenvalue weighted by Gasteiger charge is -2.15. The lowest BCUT2D eigenvalue weighted by Crippen LogP contribution is -2.29. The number of nitrogens with two attached hydrogens (primary N) is 1. The van der Waals surface area contributed by atoms with Crippen LogP contribution in [0.3, 0.4) is 0 Å². The molecule has 19 heavy (non-hydrogen) atoms. The van der Waals surface area contributed by atoms with E-state index in [2.05, 4.69) is 21.4 Å². The maximum atomic E-state index is 13.6. The fourth-order valence-electron chi connectivity index (χ4n) is 1.88. The number of hydrogen-bond acceptors (Lipinski definition) is 4. The number of ether oxygens (including phenoxy) is 1. The van der Waals surface area contributed by atoms with Crippen molar-refractivity contribution < 1.29 is 13.5 Å². The summed E-state index contributed by atoms with van der Waals surface area (Å²) in [6, 6.07) is 6.50. The molecule has 0 radical (unpaired) electrons. The molecule has 2 aromatic rings. The van der Waals surface area contributed by atoms with Gasteiger partial charge in [-0.25, -0.2) is 4.39 Å². The summed E-state index contributed by atoms with van der Waals surface area (Å²) in [6.07, 6.45) is 2.11. The van der Waals surface area contributed by atoms with Crippen molar-refractivity contribution in [1.29, 1.82) is 0 Å².